The van der Waals surface area contributed by atoms with Gasteiger partial charge in [0.15, 0.2) is 0 Å². The lowest BCUT2D eigenvalue weighted by molar-refractivity contribution is -0.179. The zero-order valence-electron chi connectivity index (χ0n) is 12.8. The number of hydrogen-bond donors (Lipinski definition) is 0. The third-order valence-electron chi connectivity index (χ3n) is 6.67. The molecule has 2 heteroatoms. The molecule has 0 saturated heterocycles. The predicted molar refractivity (Wildman–Crippen MR) is 83.6 cm³/mol. The summed E-state index contributed by atoms with van der Waals surface area (Å²) in [5, 5.41) is 1.03. The molecule has 1 nitrogen and oxygen atoms in total. The summed E-state index contributed by atoms with van der Waals surface area (Å²) < 4.78 is 6.86. The second-order valence-electron chi connectivity index (χ2n) is 7.96. The second kappa shape index (κ2) is 5.02. The fraction of sp³-hybridized carbons (Fsp3) is 1.00. The van der Waals surface area contributed by atoms with Crippen LogP contribution in [0.2, 0.25) is 0 Å². The summed E-state index contributed by atoms with van der Waals surface area (Å²) in [4.78, 5) is 0. The molecule has 0 aromatic heterocycles. The molecule has 19 heavy (non-hydrogen) atoms. The van der Waals surface area contributed by atoms with Crippen LogP contribution in [0.15, 0.2) is 0 Å². The largest absolute Gasteiger partial charge is 0.370 e. The van der Waals surface area contributed by atoms with E-state index in [2.05, 4.69) is 36.7 Å². The first kappa shape index (κ1) is 14.4. The van der Waals surface area contributed by atoms with Gasteiger partial charge in [-0.2, -0.15) is 0 Å². The lowest BCUT2D eigenvalue weighted by Gasteiger charge is -2.51. The molecule has 5 unspecified atom stereocenters. The van der Waals surface area contributed by atoms with Crippen LogP contribution in [0.1, 0.15) is 65.7 Å². The highest BCUT2D eigenvalue weighted by atomic mass is 79.9. The van der Waals surface area contributed by atoms with Crippen molar-refractivity contribution in [2.45, 2.75) is 77.4 Å². The summed E-state index contributed by atoms with van der Waals surface area (Å²) in [6.45, 7) is 7.32. The van der Waals surface area contributed by atoms with Crippen LogP contribution in [0, 0.1) is 23.2 Å². The van der Waals surface area contributed by atoms with Gasteiger partial charge in [0.05, 0.1) is 11.7 Å². The second-order valence-corrected chi connectivity index (χ2v) is 8.52. The molecule has 0 heterocycles. The molecule has 3 fully saturated rings. The summed E-state index contributed by atoms with van der Waals surface area (Å²) in [5.41, 5.74) is 0.456. The van der Waals surface area contributed by atoms with E-state index in [1.807, 2.05) is 0 Å². The van der Waals surface area contributed by atoms with Crippen molar-refractivity contribution in [2.24, 2.45) is 23.2 Å². The smallest absolute Gasteiger partial charge is 0.0863 e. The molecule has 0 radical (unpaired) electrons. The van der Waals surface area contributed by atoms with E-state index in [1.165, 1.54) is 44.9 Å². The van der Waals surface area contributed by atoms with Crippen LogP contribution in [0.4, 0.5) is 0 Å². The topological polar surface area (TPSA) is 9.23 Å². The Hall–Kier alpha value is 0.440. The van der Waals surface area contributed by atoms with Crippen molar-refractivity contribution in [3.63, 3.8) is 0 Å². The molecule has 0 aliphatic heterocycles. The fourth-order valence-corrected chi connectivity index (χ4v) is 6.59. The SMILES string of the molecule is CC1CCCC(OC2(CBr)C3CCC(C3)C2(C)C)C1. The quantitative estimate of drug-likeness (QED) is 0.649. The van der Waals surface area contributed by atoms with E-state index in [4.69, 9.17) is 4.74 Å². The van der Waals surface area contributed by atoms with E-state index in [1.54, 1.807) is 0 Å². The van der Waals surface area contributed by atoms with Crippen molar-refractivity contribution in [3.8, 4) is 0 Å². The summed E-state index contributed by atoms with van der Waals surface area (Å²) >= 11 is 3.83. The Labute approximate surface area is 127 Å². The lowest BCUT2D eigenvalue weighted by atomic mass is 9.66. The first-order valence-electron chi connectivity index (χ1n) is 8.23. The monoisotopic (exact) mass is 328 g/mol. The molecule has 2 bridgehead atoms. The minimum Gasteiger partial charge on any atom is -0.370 e. The normalized spacial score (nSPS) is 48.6. The molecular weight excluding hydrogens is 300 g/mol. The van der Waals surface area contributed by atoms with E-state index >= 15 is 0 Å². The third kappa shape index (κ3) is 2.12. The number of ether oxygens (including phenoxy) is 1. The minimum atomic E-state index is 0.109. The highest BCUT2D eigenvalue weighted by molar-refractivity contribution is 9.09. The van der Waals surface area contributed by atoms with Gasteiger partial charge >= 0.3 is 0 Å². The van der Waals surface area contributed by atoms with Gasteiger partial charge in [-0.05, 0) is 55.3 Å². The van der Waals surface area contributed by atoms with Crippen molar-refractivity contribution in [1.29, 1.82) is 0 Å². The molecule has 3 saturated carbocycles. The van der Waals surface area contributed by atoms with Crippen molar-refractivity contribution >= 4 is 15.9 Å². The van der Waals surface area contributed by atoms with Crippen molar-refractivity contribution in [3.05, 3.63) is 0 Å². The maximum absolute atomic E-state index is 6.86. The van der Waals surface area contributed by atoms with Gasteiger partial charge in [-0.25, -0.2) is 0 Å². The Bertz CT molecular complexity index is 340. The number of rotatable bonds is 3. The van der Waals surface area contributed by atoms with Crippen LogP contribution >= 0.6 is 15.9 Å². The molecule has 3 aliphatic carbocycles. The minimum absolute atomic E-state index is 0.109. The molecule has 0 N–H and O–H groups in total. The number of halogens is 1. The van der Waals surface area contributed by atoms with Gasteiger partial charge in [-0.15, -0.1) is 0 Å². The Kier molecular flexibility index (Phi) is 3.80. The molecule has 110 valence electrons. The van der Waals surface area contributed by atoms with Crippen LogP contribution in [0.5, 0.6) is 0 Å². The van der Waals surface area contributed by atoms with Gasteiger partial charge in [-0.1, -0.05) is 49.5 Å². The Balaban J connectivity index is 1.79. The van der Waals surface area contributed by atoms with Gasteiger partial charge in [0, 0.05) is 5.33 Å². The third-order valence-corrected chi connectivity index (χ3v) is 7.50. The molecule has 3 rings (SSSR count). The first-order chi connectivity index (χ1) is 8.99. The van der Waals surface area contributed by atoms with Crippen molar-refractivity contribution in [2.75, 3.05) is 5.33 Å². The van der Waals surface area contributed by atoms with Gasteiger partial charge in [0.2, 0.25) is 0 Å². The molecule has 3 aliphatic rings. The molecule has 0 aromatic rings. The van der Waals surface area contributed by atoms with Crippen LogP contribution in [0.25, 0.3) is 0 Å². The van der Waals surface area contributed by atoms with Crippen molar-refractivity contribution < 1.29 is 4.74 Å². The van der Waals surface area contributed by atoms with Crippen molar-refractivity contribution in [1.82, 2.24) is 0 Å². The number of fused-ring (bicyclic) bond motifs is 2. The predicted octanol–water partition coefficient (Wildman–Crippen LogP) is 5.17. The maximum atomic E-state index is 6.86. The Morgan fingerprint density at radius 3 is 2.37 bits per heavy atom. The van der Waals surface area contributed by atoms with Gasteiger partial charge < -0.3 is 4.74 Å². The first-order valence-corrected chi connectivity index (χ1v) is 9.35. The van der Waals surface area contributed by atoms with Gasteiger partial charge in [0.1, 0.15) is 0 Å². The number of alkyl halides is 1. The average Bonchev–Trinajstić information content (AvgIpc) is 2.91. The fourth-order valence-electron chi connectivity index (χ4n) is 5.28. The molecule has 0 aromatic carbocycles. The lowest BCUT2D eigenvalue weighted by Crippen LogP contribution is -2.55. The molecule has 5 atom stereocenters. The van der Waals surface area contributed by atoms with E-state index in [-0.39, 0.29) is 5.60 Å². The molecular formula is C17H29BrO. The van der Waals surface area contributed by atoms with E-state index in [9.17, 15) is 0 Å². The summed E-state index contributed by atoms with van der Waals surface area (Å²) in [5.74, 6) is 2.54. The molecule has 0 spiro atoms. The summed E-state index contributed by atoms with van der Waals surface area (Å²) in [6.07, 6.45) is 10.1. The van der Waals surface area contributed by atoms with E-state index in [0.29, 0.717) is 11.5 Å². The average molecular weight is 329 g/mol. The van der Waals surface area contributed by atoms with Crippen LogP contribution in [0.3, 0.4) is 0 Å². The van der Waals surface area contributed by atoms with Gasteiger partial charge in [0.25, 0.3) is 0 Å². The van der Waals surface area contributed by atoms with Gasteiger partial charge in [-0.3, -0.25) is 0 Å². The van der Waals surface area contributed by atoms with Crippen LogP contribution in [-0.4, -0.2) is 17.0 Å². The highest BCUT2D eigenvalue weighted by Crippen LogP contribution is 2.64. The maximum Gasteiger partial charge on any atom is 0.0863 e. The summed E-state index contributed by atoms with van der Waals surface area (Å²) in [7, 11) is 0. The number of hydrogen-bond acceptors (Lipinski definition) is 1. The summed E-state index contributed by atoms with van der Waals surface area (Å²) in [6, 6.07) is 0. The van der Waals surface area contributed by atoms with E-state index in [0.717, 1.165) is 23.1 Å². The Morgan fingerprint density at radius 2 is 1.79 bits per heavy atom. The molecule has 0 amide bonds. The van der Waals surface area contributed by atoms with Crippen LogP contribution in [-0.2, 0) is 4.74 Å². The highest BCUT2D eigenvalue weighted by Gasteiger charge is 2.63. The standard InChI is InChI=1S/C17H29BrO/c1-12-5-4-6-15(9-12)19-17(11-18)14-8-7-13(10-14)16(17,2)3/h12-15H,4-11H2,1-3H3. The van der Waals surface area contributed by atoms with E-state index < -0.39 is 0 Å². The zero-order chi connectivity index (χ0) is 13.7. The van der Waals surface area contributed by atoms with Crippen LogP contribution < -0.4 is 0 Å². The zero-order valence-corrected chi connectivity index (χ0v) is 14.3. The Morgan fingerprint density at radius 1 is 1.05 bits per heavy atom.